The summed E-state index contributed by atoms with van der Waals surface area (Å²) >= 11 is 0. The number of carbonyl (C=O) groups is 4. The molecule has 2 unspecified atom stereocenters. The van der Waals surface area contributed by atoms with Crippen LogP contribution in [0.2, 0.25) is 0 Å². The van der Waals surface area contributed by atoms with Crippen molar-refractivity contribution in [1.29, 1.82) is 0 Å². The van der Waals surface area contributed by atoms with Gasteiger partial charge in [-0.05, 0) is 43.4 Å². The van der Waals surface area contributed by atoms with Gasteiger partial charge in [0.25, 0.3) is 0 Å². The molecule has 19 heteroatoms. The molecule has 0 bridgehead atoms. The van der Waals surface area contributed by atoms with Crippen molar-refractivity contribution >= 4 is 39.5 Å². The molecule has 17 nitrogen and oxygen atoms in total. The average Bonchev–Trinajstić information content (AvgIpc) is 0.907. The number of esters is 4. The number of unbranched alkanes of at least 4 members (excludes halogenated alkanes) is 52. The number of aliphatic hydroxyl groups excluding tert-OH is 1. The molecule has 3 N–H and O–H groups in total. The predicted octanol–water partition coefficient (Wildman–Crippen LogP) is 26.1. The second-order valence-corrected chi connectivity index (χ2v) is 35.3. The van der Waals surface area contributed by atoms with E-state index in [2.05, 4.69) is 48.5 Å². The number of phosphoric ester groups is 2. The Hall–Kier alpha value is -1.94. The molecule has 0 aliphatic carbocycles. The van der Waals surface area contributed by atoms with Gasteiger partial charge in [-0.25, -0.2) is 9.13 Å². The zero-order valence-corrected chi connectivity index (χ0v) is 71.0. The number of ether oxygens (including phenoxy) is 4. The van der Waals surface area contributed by atoms with Gasteiger partial charge in [0.2, 0.25) is 0 Å². The van der Waals surface area contributed by atoms with E-state index in [0.717, 1.165) is 108 Å². The average molecular weight is 1540 g/mol. The quantitative estimate of drug-likeness (QED) is 0.0222. The van der Waals surface area contributed by atoms with Gasteiger partial charge in [-0.1, -0.05) is 402 Å². The lowest BCUT2D eigenvalue weighted by atomic mass is 10.0. The van der Waals surface area contributed by atoms with E-state index in [-0.39, 0.29) is 25.7 Å². The summed E-state index contributed by atoms with van der Waals surface area (Å²) in [6.45, 7) is 12.0. The first-order chi connectivity index (χ1) is 50.7. The van der Waals surface area contributed by atoms with Gasteiger partial charge in [-0.2, -0.15) is 0 Å². The van der Waals surface area contributed by atoms with Crippen LogP contribution in [-0.4, -0.2) is 96.7 Å². The maximum absolute atomic E-state index is 13.1. The molecule has 0 aromatic heterocycles. The van der Waals surface area contributed by atoms with Gasteiger partial charge in [0, 0.05) is 25.7 Å². The number of carbonyl (C=O) groups excluding carboxylic acids is 4. The highest BCUT2D eigenvalue weighted by Crippen LogP contribution is 2.45. The highest BCUT2D eigenvalue weighted by atomic mass is 31.2. The van der Waals surface area contributed by atoms with Gasteiger partial charge >= 0.3 is 39.5 Å². The summed E-state index contributed by atoms with van der Waals surface area (Å²) in [4.78, 5) is 73.1. The molecule has 0 aliphatic rings. The van der Waals surface area contributed by atoms with Gasteiger partial charge in [-0.3, -0.25) is 37.3 Å². The van der Waals surface area contributed by atoms with Crippen LogP contribution < -0.4 is 0 Å². The molecule has 105 heavy (non-hydrogen) atoms. The number of phosphoric acid groups is 2. The van der Waals surface area contributed by atoms with Gasteiger partial charge in [0.15, 0.2) is 12.2 Å². The lowest BCUT2D eigenvalue weighted by Gasteiger charge is -2.21. The largest absolute Gasteiger partial charge is 0.472 e. The summed E-state index contributed by atoms with van der Waals surface area (Å²) in [6, 6.07) is 0. The molecule has 0 fully saturated rings. The van der Waals surface area contributed by atoms with E-state index in [1.54, 1.807) is 0 Å². The SMILES string of the molecule is CCCCCCCCCCCCCCCCC(=O)O[C@H](COC(=O)CCCCCCCCC(C)C)COP(=O)(O)OC[C@H](O)COP(=O)(O)OC[C@@H](COC(=O)CCCCCCCCCCCCCCCCCCCCC(C)C)OC(=O)CCCCCCCCCCCCCCCCCCCCC(C)C. The number of hydrogen-bond donors (Lipinski definition) is 3. The Morgan fingerprint density at radius 1 is 0.257 bits per heavy atom. The minimum Gasteiger partial charge on any atom is -0.462 e. The van der Waals surface area contributed by atoms with E-state index in [1.807, 2.05) is 0 Å². The molecule has 0 radical (unpaired) electrons. The van der Waals surface area contributed by atoms with E-state index in [1.165, 1.54) is 257 Å². The normalized spacial score (nSPS) is 13.9. The third-order valence-electron chi connectivity index (χ3n) is 20.1. The summed E-state index contributed by atoms with van der Waals surface area (Å²) in [5.74, 6) is 0.216. The van der Waals surface area contributed by atoms with Crippen LogP contribution in [0.1, 0.15) is 453 Å². The topological polar surface area (TPSA) is 237 Å². The van der Waals surface area contributed by atoms with Crippen LogP contribution in [0.25, 0.3) is 0 Å². The molecule has 0 rings (SSSR count). The Bertz CT molecular complexity index is 2030. The molecular formula is C86H168O17P2. The van der Waals surface area contributed by atoms with E-state index < -0.39 is 97.5 Å². The predicted molar refractivity (Wildman–Crippen MR) is 432 cm³/mol. The van der Waals surface area contributed by atoms with Crippen molar-refractivity contribution in [2.45, 2.75) is 471 Å². The van der Waals surface area contributed by atoms with Crippen molar-refractivity contribution in [3.63, 3.8) is 0 Å². The van der Waals surface area contributed by atoms with Gasteiger partial charge in [-0.15, -0.1) is 0 Å². The van der Waals surface area contributed by atoms with Crippen LogP contribution in [0.4, 0.5) is 0 Å². The first-order valence-electron chi connectivity index (χ1n) is 44.3. The fourth-order valence-electron chi connectivity index (χ4n) is 13.4. The smallest absolute Gasteiger partial charge is 0.462 e. The van der Waals surface area contributed by atoms with E-state index >= 15 is 0 Å². The standard InChI is InChI=1S/C86H168O17P2/c1-8-9-10-11-12-13-14-15-30-36-41-46-55-62-69-86(91)103-82(74-97-84(89)68-61-54-49-48-52-59-66-79(6)7)76-101-105(94,95)99-72-80(87)71-98-104(92,93)100-75-81(102-85(90)70-63-56-47-42-37-32-27-23-19-17-21-25-29-34-39-44-51-58-65-78(4)5)73-96-83(88)67-60-53-45-40-35-31-26-22-18-16-20-24-28-33-38-43-50-57-64-77(2)3/h77-82,87H,8-76H2,1-7H3,(H,92,93)(H,94,95)/t80-,81-,82-/m1/s1. The van der Waals surface area contributed by atoms with Gasteiger partial charge < -0.3 is 33.8 Å². The lowest BCUT2D eigenvalue weighted by Crippen LogP contribution is -2.30. The summed E-state index contributed by atoms with van der Waals surface area (Å²) in [6.07, 6.45) is 66.9. The molecule has 0 saturated carbocycles. The van der Waals surface area contributed by atoms with Crippen LogP contribution >= 0.6 is 15.6 Å². The monoisotopic (exact) mass is 1540 g/mol. The van der Waals surface area contributed by atoms with Crippen LogP contribution in [0.15, 0.2) is 0 Å². The van der Waals surface area contributed by atoms with Crippen LogP contribution in [0.3, 0.4) is 0 Å². The maximum atomic E-state index is 13.1. The van der Waals surface area contributed by atoms with Gasteiger partial charge in [0.1, 0.15) is 19.3 Å². The molecule has 0 spiro atoms. The summed E-state index contributed by atoms with van der Waals surface area (Å²) in [7, 11) is -9.93. The minimum absolute atomic E-state index is 0.107. The highest BCUT2D eigenvalue weighted by molar-refractivity contribution is 7.47. The zero-order valence-electron chi connectivity index (χ0n) is 69.2. The molecular weight excluding hydrogens is 1370 g/mol. The highest BCUT2D eigenvalue weighted by Gasteiger charge is 2.30. The van der Waals surface area contributed by atoms with Crippen molar-refractivity contribution in [3.8, 4) is 0 Å². The molecule has 0 aromatic carbocycles. The Labute approximate surface area is 645 Å². The van der Waals surface area contributed by atoms with Crippen LogP contribution in [0, 0.1) is 17.8 Å². The van der Waals surface area contributed by atoms with Crippen molar-refractivity contribution in [1.82, 2.24) is 0 Å². The Morgan fingerprint density at radius 2 is 0.438 bits per heavy atom. The Balaban J connectivity index is 5.20. The second kappa shape index (κ2) is 76.1. The first-order valence-corrected chi connectivity index (χ1v) is 47.3. The molecule has 0 aromatic rings. The van der Waals surface area contributed by atoms with E-state index in [9.17, 15) is 43.2 Å². The first kappa shape index (κ1) is 103. The van der Waals surface area contributed by atoms with E-state index in [4.69, 9.17) is 37.0 Å². The molecule has 0 aliphatic heterocycles. The third-order valence-corrected chi connectivity index (χ3v) is 22.0. The molecule has 624 valence electrons. The van der Waals surface area contributed by atoms with Crippen molar-refractivity contribution < 1.29 is 80.2 Å². The van der Waals surface area contributed by atoms with Crippen molar-refractivity contribution in [3.05, 3.63) is 0 Å². The fraction of sp³-hybridized carbons (Fsp3) is 0.953. The van der Waals surface area contributed by atoms with E-state index in [0.29, 0.717) is 31.6 Å². The molecule has 5 atom stereocenters. The summed E-state index contributed by atoms with van der Waals surface area (Å²) in [5.41, 5.74) is 0. The Kier molecular flexibility index (Phi) is 74.7. The maximum Gasteiger partial charge on any atom is 0.472 e. The van der Waals surface area contributed by atoms with Crippen molar-refractivity contribution in [2.24, 2.45) is 17.8 Å². The minimum atomic E-state index is -4.97. The lowest BCUT2D eigenvalue weighted by molar-refractivity contribution is -0.161. The number of aliphatic hydroxyl groups is 1. The Morgan fingerprint density at radius 3 is 0.648 bits per heavy atom. The number of hydrogen-bond acceptors (Lipinski definition) is 15. The summed E-state index contributed by atoms with van der Waals surface area (Å²) in [5, 5.41) is 10.7. The molecule has 0 saturated heterocycles. The van der Waals surface area contributed by atoms with Gasteiger partial charge in [0.05, 0.1) is 26.4 Å². The van der Waals surface area contributed by atoms with Crippen molar-refractivity contribution in [2.75, 3.05) is 39.6 Å². The number of rotatable bonds is 84. The van der Waals surface area contributed by atoms with Crippen LogP contribution in [0.5, 0.6) is 0 Å². The second-order valence-electron chi connectivity index (χ2n) is 32.4. The fourth-order valence-corrected chi connectivity index (χ4v) is 14.9. The summed E-state index contributed by atoms with van der Waals surface area (Å²) < 4.78 is 68.8. The van der Waals surface area contributed by atoms with Crippen LogP contribution in [-0.2, 0) is 65.4 Å². The third kappa shape index (κ3) is 79.9. The zero-order chi connectivity index (χ0) is 77.2. The molecule has 0 amide bonds. The molecule has 0 heterocycles.